The first-order chi connectivity index (χ1) is 7.43. The van der Waals surface area contributed by atoms with Gasteiger partial charge in [0.15, 0.2) is 0 Å². The zero-order valence-electron chi connectivity index (χ0n) is 9.02. The summed E-state index contributed by atoms with van der Waals surface area (Å²) in [4.78, 5) is 2.64. The van der Waals surface area contributed by atoms with Crippen molar-refractivity contribution in [2.75, 3.05) is 19.6 Å². The van der Waals surface area contributed by atoms with Gasteiger partial charge in [-0.25, -0.2) is 0 Å². The van der Waals surface area contributed by atoms with E-state index in [1.807, 2.05) is 0 Å². The molecule has 1 aromatic carbocycles. The monoisotopic (exact) mass is 202 g/mol. The molecule has 2 atom stereocenters. The van der Waals surface area contributed by atoms with Gasteiger partial charge in [-0.15, -0.1) is 0 Å². The second-order valence-electron chi connectivity index (χ2n) is 4.73. The molecule has 1 aromatic rings. The van der Waals surface area contributed by atoms with Crippen molar-refractivity contribution in [2.24, 2.45) is 5.92 Å². The maximum atomic E-state index is 3.50. The average molecular weight is 202 g/mol. The average Bonchev–Trinajstić information content (AvgIpc) is 2.85. The van der Waals surface area contributed by atoms with Gasteiger partial charge in [0.2, 0.25) is 0 Å². The molecule has 2 heteroatoms. The summed E-state index contributed by atoms with van der Waals surface area (Å²) in [6.07, 6.45) is 1.38. The SMILES string of the molecule is c1ccc(CN2CCC3CNC[C@H]32)cc1. The van der Waals surface area contributed by atoms with Crippen LogP contribution in [0, 0.1) is 5.92 Å². The zero-order valence-corrected chi connectivity index (χ0v) is 9.02. The largest absolute Gasteiger partial charge is 0.315 e. The highest BCUT2D eigenvalue weighted by Gasteiger charge is 2.36. The fourth-order valence-corrected chi connectivity index (χ4v) is 2.95. The molecule has 2 aliphatic heterocycles. The van der Waals surface area contributed by atoms with Crippen LogP contribution in [0.4, 0.5) is 0 Å². The summed E-state index contributed by atoms with van der Waals surface area (Å²) >= 11 is 0. The van der Waals surface area contributed by atoms with Gasteiger partial charge in [0.1, 0.15) is 0 Å². The fourth-order valence-electron chi connectivity index (χ4n) is 2.95. The van der Waals surface area contributed by atoms with E-state index in [0.717, 1.165) is 18.5 Å². The number of fused-ring (bicyclic) bond motifs is 1. The number of rotatable bonds is 2. The Balaban J connectivity index is 1.69. The van der Waals surface area contributed by atoms with Gasteiger partial charge < -0.3 is 5.32 Å². The number of nitrogens with one attached hydrogen (secondary N) is 1. The van der Waals surface area contributed by atoms with Gasteiger partial charge in [-0.1, -0.05) is 30.3 Å². The Bertz CT molecular complexity index is 323. The van der Waals surface area contributed by atoms with E-state index in [9.17, 15) is 0 Å². The highest BCUT2D eigenvalue weighted by Crippen LogP contribution is 2.28. The molecule has 0 saturated carbocycles. The van der Waals surface area contributed by atoms with Crippen molar-refractivity contribution in [1.82, 2.24) is 10.2 Å². The van der Waals surface area contributed by atoms with Gasteiger partial charge in [-0.2, -0.15) is 0 Å². The van der Waals surface area contributed by atoms with E-state index in [1.165, 1.54) is 31.6 Å². The van der Waals surface area contributed by atoms with E-state index >= 15 is 0 Å². The van der Waals surface area contributed by atoms with Gasteiger partial charge in [0, 0.05) is 19.1 Å². The van der Waals surface area contributed by atoms with Crippen molar-refractivity contribution in [3.8, 4) is 0 Å². The summed E-state index contributed by atoms with van der Waals surface area (Å²) in [5, 5.41) is 3.50. The molecule has 2 aliphatic rings. The molecule has 2 heterocycles. The summed E-state index contributed by atoms with van der Waals surface area (Å²) in [5.41, 5.74) is 1.45. The highest BCUT2D eigenvalue weighted by molar-refractivity contribution is 5.15. The number of likely N-dealkylation sites (tertiary alicyclic amines) is 1. The first-order valence-electron chi connectivity index (χ1n) is 5.92. The number of benzene rings is 1. The minimum absolute atomic E-state index is 0.796. The normalized spacial score (nSPS) is 30.7. The molecule has 3 rings (SSSR count). The summed E-state index contributed by atoms with van der Waals surface area (Å²) in [5.74, 6) is 0.911. The molecular weight excluding hydrogens is 184 g/mol. The summed E-state index contributed by atoms with van der Waals surface area (Å²) in [6, 6.07) is 11.6. The first-order valence-corrected chi connectivity index (χ1v) is 5.92. The highest BCUT2D eigenvalue weighted by atomic mass is 15.2. The van der Waals surface area contributed by atoms with E-state index in [2.05, 4.69) is 40.5 Å². The standard InChI is InChI=1S/C13H18N2/c1-2-4-11(5-3-1)10-15-7-6-12-8-14-9-13(12)15/h1-5,12-14H,6-10H2/t12?,13-/m1/s1. The van der Waals surface area contributed by atoms with E-state index in [1.54, 1.807) is 0 Å². The van der Waals surface area contributed by atoms with Crippen LogP contribution in [-0.4, -0.2) is 30.6 Å². The van der Waals surface area contributed by atoms with Crippen LogP contribution in [0.15, 0.2) is 30.3 Å². The zero-order chi connectivity index (χ0) is 10.1. The Kier molecular flexibility index (Phi) is 2.47. The Morgan fingerprint density at radius 1 is 1.20 bits per heavy atom. The molecule has 0 aliphatic carbocycles. The molecule has 0 amide bonds. The summed E-state index contributed by atoms with van der Waals surface area (Å²) in [6.45, 7) is 4.84. The van der Waals surface area contributed by atoms with Crippen LogP contribution in [0.1, 0.15) is 12.0 Å². The van der Waals surface area contributed by atoms with E-state index < -0.39 is 0 Å². The van der Waals surface area contributed by atoms with Crippen molar-refractivity contribution < 1.29 is 0 Å². The van der Waals surface area contributed by atoms with Gasteiger partial charge >= 0.3 is 0 Å². The molecule has 15 heavy (non-hydrogen) atoms. The lowest BCUT2D eigenvalue weighted by atomic mass is 10.1. The predicted octanol–water partition coefficient (Wildman–Crippen LogP) is 1.48. The maximum absolute atomic E-state index is 3.50. The van der Waals surface area contributed by atoms with E-state index in [4.69, 9.17) is 0 Å². The summed E-state index contributed by atoms with van der Waals surface area (Å²) in [7, 11) is 0. The third-order valence-corrected chi connectivity index (χ3v) is 3.79. The van der Waals surface area contributed by atoms with E-state index in [-0.39, 0.29) is 0 Å². The molecule has 1 N–H and O–H groups in total. The minimum Gasteiger partial charge on any atom is -0.315 e. The molecule has 2 saturated heterocycles. The van der Waals surface area contributed by atoms with Crippen molar-refractivity contribution in [2.45, 2.75) is 19.0 Å². The maximum Gasteiger partial charge on any atom is 0.0264 e. The third kappa shape index (κ3) is 1.80. The van der Waals surface area contributed by atoms with Crippen LogP contribution in [0.3, 0.4) is 0 Å². The van der Waals surface area contributed by atoms with Crippen molar-refractivity contribution in [3.63, 3.8) is 0 Å². The van der Waals surface area contributed by atoms with Gasteiger partial charge in [0.25, 0.3) is 0 Å². The van der Waals surface area contributed by atoms with Crippen LogP contribution >= 0.6 is 0 Å². The Hall–Kier alpha value is -0.860. The number of hydrogen-bond donors (Lipinski definition) is 1. The molecule has 0 radical (unpaired) electrons. The predicted molar refractivity (Wildman–Crippen MR) is 61.6 cm³/mol. The second kappa shape index (κ2) is 3.95. The topological polar surface area (TPSA) is 15.3 Å². The molecule has 1 unspecified atom stereocenters. The van der Waals surface area contributed by atoms with Gasteiger partial charge in [-0.3, -0.25) is 4.90 Å². The molecule has 0 bridgehead atoms. The smallest absolute Gasteiger partial charge is 0.0264 e. The van der Waals surface area contributed by atoms with Crippen LogP contribution in [0.2, 0.25) is 0 Å². The molecule has 0 aromatic heterocycles. The summed E-state index contributed by atoms with van der Waals surface area (Å²) < 4.78 is 0. The Morgan fingerprint density at radius 2 is 2.07 bits per heavy atom. The fraction of sp³-hybridized carbons (Fsp3) is 0.538. The molecule has 80 valence electrons. The van der Waals surface area contributed by atoms with Crippen LogP contribution in [0.25, 0.3) is 0 Å². The minimum atomic E-state index is 0.796. The lowest BCUT2D eigenvalue weighted by molar-refractivity contribution is 0.244. The van der Waals surface area contributed by atoms with Crippen LogP contribution < -0.4 is 5.32 Å². The van der Waals surface area contributed by atoms with Crippen LogP contribution in [-0.2, 0) is 6.54 Å². The quantitative estimate of drug-likeness (QED) is 0.781. The second-order valence-corrected chi connectivity index (χ2v) is 4.73. The third-order valence-electron chi connectivity index (χ3n) is 3.79. The van der Waals surface area contributed by atoms with Crippen molar-refractivity contribution >= 4 is 0 Å². The number of nitrogens with zero attached hydrogens (tertiary/aromatic N) is 1. The molecular formula is C13H18N2. The van der Waals surface area contributed by atoms with Crippen LogP contribution in [0.5, 0.6) is 0 Å². The van der Waals surface area contributed by atoms with E-state index in [0.29, 0.717) is 0 Å². The molecule has 2 fully saturated rings. The van der Waals surface area contributed by atoms with Crippen molar-refractivity contribution in [1.29, 1.82) is 0 Å². The first kappa shape index (κ1) is 9.37. The Morgan fingerprint density at radius 3 is 2.93 bits per heavy atom. The number of hydrogen-bond acceptors (Lipinski definition) is 2. The Labute approximate surface area is 91.3 Å². The molecule has 0 spiro atoms. The van der Waals surface area contributed by atoms with Gasteiger partial charge in [-0.05, 0) is 31.0 Å². The lowest BCUT2D eigenvalue weighted by Crippen LogP contribution is -2.33. The lowest BCUT2D eigenvalue weighted by Gasteiger charge is -2.22. The molecule has 2 nitrogen and oxygen atoms in total. The van der Waals surface area contributed by atoms with Crippen molar-refractivity contribution in [3.05, 3.63) is 35.9 Å². The van der Waals surface area contributed by atoms with Gasteiger partial charge in [0.05, 0.1) is 0 Å².